The fourth-order valence-electron chi connectivity index (χ4n) is 2.78. The highest BCUT2D eigenvalue weighted by Crippen LogP contribution is 2.34. The van der Waals surface area contributed by atoms with Crippen molar-refractivity contribution in [2.75, 3.05) is 35.5 Å². The summed E-state index contributed by atoms with van der Waals surface area (Å²) in [4.78, 5) is 12.3. The van der Waals surface area contributed by atoms with Crippen molar-refractivity contribution in [2.45, 2.75) is 19.4 Å². The average molecular weight is 389 g/mol. The van der Waals surface area contributed by atoms with Crippen LogP contribution in [0.4, 0.5) is 0 Å². The molecule has 0 spiro atoms. The molecule has 0 saturated carbocycles. The maximum absolute atomic E-state index is 12.3. The number of nitrogens with one attached hydrogen (secondary N) is 1. The van der Waals surface area contributed by atoms with Crippen LogP contribution in [0.2, 0.25) is 0 Å². The topological polar surface area (TPSA) is 75.3 Å². The molecule has 0 fully saturated rings. The number of benzene rings is 2. The Bertz CT molecular complexity index is 783. The molecule has 2 aromatic carbocycles. The van der Waals surface area contributed by atoms with Crippen molar-refractivity contribution in [3.8, 4) is 28.7 Å². The summed E-state index contributed by atoms with van der Waals surface area (Å²) in [5.41, 5.74) is 1.77. The molecule has 0 unspecified atom stereocenters. The molecular formula is C21H27NO6. The maximum atomic E-state index is 12.3. The summed E-state index contributed by atoms with van der Waals surface area (Å²) >= 11 is 0. The molecule has 0 aliphatic rings. The van der Waals surface area contributed by atoms with E-state index in [1.807, 2.05) is 12.1 Å². The summed E-state index contributed by atoms with van der Waals surface area (Å²) in [5.74, 6) is 3.10. The minimum atomic E-state index is -0.0707. The second-order valence-corrected chi connectivity index (χ2v) is 6.02. The molecule has 1 N–H and O–H groups in total. The zero-order chi connectivity index (χ0) is 20.5. The third-order valence-corrected chi connectivity index (χ3v) is 4.31. The predicted molar refractivity (Wildman–Crippen MR) is 106 cm³/mol. The molecule has 2 aromatic rings. The van der Waals surface area contributed by atoms with E-state index < -0.39 is 0 Å². The highest BCUT2D eigenvalue weighted by molar-refractivity contribution is 5.76. The Balaban J connectivity index is 1.99. The molecule has 152 valence electrons. The number of hydrogen-bond donors (Lipinski definition) is 1. The van der Waals surface area contributed by atoms with Gasteiger partial charge in [-0.25, -0.2) is 0 Å². The number of hydrogen-bond acceptors (Lipinski definition) is 6. The zero-order valence-electron chi connectivity index (χ0n) is 17.0. The second kappa shape index (κ2) is 10.3. The van der Waals surface area contributed by atoms with Crippen LogP contribution in [-0.2, 0) is 17.8 Å². The number of carbonyl (C=O) groups excluding carboxylic acids is 1. The van der Waals surface area contributed by atoms with Gasteiger partial charge in [0.15, 0.2) is 11.5 Å². The van der Waals surface area contributed by atoms with Gasteiger partial charge in [0.05, 0.1) is 35.5 Å². The first-order valence-corrected chi connectivity index (χ1v) is 8.82. The van der Waals surface area contributed by atoms with E-state index in [0.717, 1.165) is 11.1 Å². The molecule has 0 bridgehead atoms. The smallest absolute Gasteiger partial charge is 0.220 e. The van der Waals surface area contributed by atoms with E-state index >= 15 is 0 Å². The van der Waals surface area contributed by atoms with Gasteiger partial charge in [-0.2, -0.15) is 0 Å². The van der Waals surface area contributed by atoms with Crippen LogP contribution in [0.3, 0.4) is 0 Å². The quantitative estimate of drug-likeness (QED) is 0.673. The first-order chi connectivity index (χ1) is 13.5. The Labute approximate surface area is 165 Å². The molecule has 0 atom stereocenters. The van der Waals surface area contributed by atoms with Gasteiger partial charge in [-0.15, -0.1) is 0 Å². The minimum absolute atomic E-state index is 0.0707. The Morgan fingerprint density at radius 2 is 1.32 bits per heavy atom. The van der Waals surface area contributed by atoms with Crippen molar-refractivity contribution in [3.63, 3.8) is 0 Å². The molecule has 0 aliphatic heterocycles. The van der Waals surface area contributed by atoms with Crippen LogP contribution in [0.5, 0.6) is 28.7 Å². The Hall–Kier alpha value is -3.09. The highest BCUT2D eigenvalue weighted by atomic mass is 16.5. The second-order valence-electron chi connectivity index (χ2n) is 6.02. The van der Waals surface area contributed by atoms with Gasteiger partial charge in [0, 0.05) is 30.7 Å². The fourth-order valence-corrected chi connectivity index (χ4v) is 2.78. The Morgan fingerprint density at radius 1 is 0.750 bits per heavy atom. The van der Waals surface area contributed by atoms with Crippen molar-refractivity contribution < 1.29 is 28.5 Å². The van der Waals surface area contributed by atoms with Gasteiger partial charge in [0.25, 0.3) is 0 Å². The zero-order valence-corrected chi connectivity index (χ0v) is 17.0. The molecule has 7 heteroatoms. The molecule has 2 rings (SSSR count). The molecule has 0 radical (unpaired) electrons. The summed E-state index contributed by atoms with van der Waals surface area (Å²) in [6, 6.07) is 9.13. The molecule has 7 nitrogen and oxygen atoms in total. The van der Waals surface area contributed by atoms with E-state index in [-0.39, 0.29) is 5.91 Å². The summed E-state index contributed by atoms with van der Waals surface area (Å²) < 4.78 is 26.5. The van der Waals surface area contributed by atoms with Crippen LogP contribution < -0.4 is 29.0 Å². The predicted octanol–water partition coefficient (Wildman–Crippen LogP) is 2.98. The maximum Gasteiger partial charge on any atom is 0.220 e. The van der Waals surface area contributed by atoms with Gasteiger partial charge < -0.3 is 29.0 Å². The van der Waals surface area contributed by atoms with Crippen molar-refractivity contribution >= 4 is 5.91 Å². The van der Waals surface area contributed by atoms with E-state index in [2.05, 4.69) is 5.32 Å². The Morgan fingerprint density at radius 3 is 1.86 bits per heavy atom. The lowest BCUT2D eigenvalue weighted by Gasteiger charge is -2.14. The molecule has 0 aliphatic carbocycles. The number of amides is 1. The average Bonchev–Trinajstić information content (AvgIpc) is 2.74. The number of methoxy groups -OCH3 is 5. The van der Waals surface area contributed by atoms with Crippen LogP contribution in [0, 0.1) is 0 Å². The van der Waals surface area contributed by atoms with Crippen molar-refractivity contribution in [2.24, 2.45) is 0 Å². The van der Waals surface area contributed by atoms with Crippen molar-refractivity contribution in [3.05, 3.63) is 41.5 Å². The van der Waals surface area contributed by atoms with Gasteiger partial charge in [-0.05, 0) is 30.2 Å². The molecule has 28 heavy (non-hydrogen) atoms. The standard InChI is InChI=1S/C21H27NO6/c1-24-16-8-14(9-17(11-16)25-2)6-7-21(23)22-13-15-10-19(27-4)20(28-5)12-18(15)26-3/h8-12H,6-7,13H2,1-5H3,(H,22,23). The van der Waals surface area contributed by atoms with Gasteiger partial charge >= 0.3 is 0 Å². The van der Waals surface area contributed by atoms with E-state index in [4.69, 9.17) is 23.7 Å². The fraction of sp³-hybridized carbons (Fsp3) is 0.381. The summed E-state index contributed by atoms with van der Waals surface area (Å²) in [6.45, 7) is 0.323. The monoisotopic (exact) mass is 389 g/mol. The molecule has 0 heterocycles. The normalized spacial score (nSPS) is 10.2. The van der Waals surface area contributed by atoms with E-state index in [0.29, 0.717) is 48.1 Å². The third-order valence-electron chi connectivity index (χ3n) is 4.31. The van der Waals surface area contributed by atoms with Crippen LogP contribution >= 0.6 is 0 Å². The first-order valence-electron chi connectivity index (χ1n) is 8.82. The van der Waals surface area contributed by atoms with E-state index in [1.54, 1.807) is 53.7 Å². The van der Waals surface area contributed by atoms with Crippen LogP contribution in [0.15, 0.2) is 30.3 Å². The lowest BCUT2D eigenvalue weighted by molar-refractivity contribution is -0.121. The van der Waals surface area contributed by atoms with Gasteiger partial charge in [0.1, 0.15) is 17.2 Å². The van der Waals surface area contributed by atoms with Gasteiger partial charge in [0.2, 0.25) is 5.91 Å². The van der Waals surface area contributed by atoms with Gasteiger partial charge in [-0.3, -0.25) is 4.79 Å². The summed E-state index contributed by atoms with van der Waals surface area (Å²) in [5, 5.41) is 2.91. The number of aryl methyl sites for hydroxylation is 1. The summed E-state index contributed by atoms with van der Waals surface area (Å²) in [6.07, 6.45) is 0.911. The Kier molecular flexibility index (Phi) is 7.80. The highest BCUT2D eigenvalue weighted by Gasteiger charge is 2.13. The molecular weight excluding hydrogens is 362 g/mol. The van der Waals surface area contributed by atoms with Crippen molar-refractivity contribution in [1.29, 1.82) is 0 Å². The van der Waals surface area contributed by atoms with E-state index in [1.165, 1.54) is 0 Å². The molecule has 0 aromatic heterocycles. The van der Waals surface area contributed by atoms with Crippen molar-refractivity contribution in [1.82, 2.24) is 5.32 Å². The lowest BCUT2D eigenvalue weighted by Crippen LogP contribution is -2.23. The van der Waals surface area contributed by atoms with Crippen LogP contribution in [0.25, 0.3) is 0 Å². The van der Waals surface area contributed by atoms with E-state index in [9.17, 15) is 4.79 Å². The first kappa shape index (κ1) is 21.2. The number of ether oxygens (including phenoxy) is 5. The minimum Gasteiger partial charge on any atom is -0.497 e. The van der Waals surface area contributed by atoms with Crippen LogP contribution in [-0.4, -0.2) is 41.5 Å². The number of carbonyl (C=O) groups is 1. The number of rotatable bonds is 10. The largest absolute Gasteiger partial charge is 0.497 e. The molecule has 0 saturated heterocycles. The van der Waals surface area contributed by atoms with Crippen LogP contribution in [0.1, 0.15) is 17.5 Å². The molecule has 1 amide bonds. The third kappa shape index (κ3) is 5.45. The SMILES string of the molecule is COc1cc(CCC(=O)NCc2cc(OC)c(OC)cc2OC)cc(OC)c1. The lowest BCUT2D eigenvalue weighted by atomic mass is 10.1. The summed E-state index contributed by atoms with van der Waals surface area (Å²) in [7, 11) is 7.90. The van der Waals surface area contributed by atoms with Gasteiger partial charge in [-0.1, -0.05) is 0 Å².